The molecule has 0 spiro atoms. The van der Waals surface area contributed by atoms with Crippen molar-refractivity contribution in [1.29, 1.82) is 0 Å². The van der Waals surface area contributed by atoms with Crippen LogP contribution in [0.1, 0.15) is 45.0 Å². The molecule has 5 nitrogen and oxygen atoms in total. The van der Waals surface area contributed by atoms with Gasteiger partial charge in [-0.1, -0.05) is 76.8 Å². The Morgan fingerprint density at radius 2 is 1.60 bits per heavy atom. The van der Waals surface area contributed by atoms with Crippen molar-refractivity contribution in [2.75, 3.05) is 10.6 Å². The summed E-state index contributed by atoms with van der Waals surface area (Å²) < 4.78 is 0. The molecule has 0 bridgehead atoms. The maximum atomic E-state index is 12.3. The number of benzene rings is 2. The molecule has 2 amide bonds. The van der Waals surface area contributed by atoms with Crippen LogP contribution in [0.2, 0.25) is 0 Å². The maximum absolute atomic E-state index is 12.3. The van der Waals surface area contributed by atoms with Crippen LogP contribution in [0.25, 0.3) is 0 Å². The molecule has 0 aliphatic rings. The number of anilines is 2. The standard InChI is InChI=1S/C21H20N2O3.2C2H6/c1-3-8-15(9-4-2)20(25)22-17-12-13-19(24)18(14-17)23-21(26)16-10-6-5-7-11-16;2*1-2/h3-14,24H,1H2,2H3,(H,22,25)(H,23,26);2*1-2H3/b9-4-,15-8+;;. The highest BCUT2D eigenvalue weighted by atomic mass is 16.3. The van der Waals surface area contributed by atoms with Crippen LogP contribution >= 0.6 is 0 Å². The number of amides is 2. The number of phenolic OH excluding ortho intramolecular Hbond substituents is 1. The number of carbonyl (C=O) groups is 2. The Labute approximate surface area is 179 Å². The smallest absolute Gasteiger partial charge is 0.255 e. The molecule has 0 saturated heterocycles. The number of carbonyl (C=O) groups excluding carboxylic acids is 2. The van der Waals surface area contributed by atoms with Gasteiger partial charge in [0, 0.05) is 16.8 Å². The number of hydrogen-bond acceptors (Lipinski definition) is 3. The first-order valence-electron chi connectivity index (χ1n) is 10.0. The van der Waals surface area contributed by atoms with Gasteiger partial charge in [0.05, 0.1) is 5.69 Å². The molecule has 0 fully saturated rings. The lowest BCUT2D eigenvalue weighted by Gasteiger charge is -2.11. The van der Waals surface area contributed by atoms with Crippen LogP contribution < -0.4 is 10.6 Å². The average molecular weight is 409 g/mol. The quantitative estimate of drug-likeness (QED) is 0.226. The van der Waals surface area contributed by atoms with E-state index in [0.717, 1.165) is 0 Å². The minimum Gasteiger partial charge on any atom is -0.506 e. The molecule has 2 aromatic carbocycles. The summed E-state index contributed by atoms with van der Waals surface area (Å²) in [5.41, 5.74) is 1.55. The van der Waals surface area contributed by atoms with E-state index in [9.17, 15) is 14.7 Å². The van der Waals surface area contributed by atoms with Gasteiger partial charge in [-0.15, -0.1) is 0 Å². The summed E-state index contributed by atoms with van der Waals surface area (Å²) >= 11 is 0. The Kier molecular flexibility index (Phi) is 13.5. The summed E-state index contributed by atoms with van der Waals surface area (Å²) in [6, 6.07) is 13.1. The molecule has 5 heteroatoms. The van der Waals surface area contributed by atoms with Crippen molar-refractivity contribution in [2.45, 2.75) is 34.6 Å². The number of hydrogen-bond donors (Lipinski definition) is 3. The third kappa shape index (κ3) is 8.61. The summed E-state index contributed by atoms with van der Waals surface area (Å²) in [6.45, 7) is 13.4. The summed E-state index contributed by atoms with van der Waals surface area (Å²) in [5, 5.41) is 15.3. The van der Waals surface area contributed by atoms with Crippen LogP contribution in [0, 0.1) is 0 Å². The van der Waals surface area contributed by atoms with Crippen molar-refractivity contribution in [3.8, 4) is 5.75 Å². The Hall–Kier alpha value is -3.60. The van der Waals surface area contributed by atoms with Gasteiger partial charge in [0.25, 0.3) is 11.8 Å². The Balaban J connectivity index is 0.00000198. The zero-order valence-corrected chi connectivity index (χ0v) is 18.4. The van der Waals surface area contributed by atoms with Crippen molar-refractivity contribution in [2.24, 2.45) is 0 Å². The molecular formula is C25H32N2O3. The zero-order chi connectivity index (χ0) is 22.9. The molecule has 0 saturated carbocycles. The monoisotopic (exact) mass is 408 g/mol. The second kappa shape index (κ2) is 15.3. The van der Waals surface area contributed by atoms with Crippen molar-refractivity contribution in [3.05, 3.63) is 90.6 Å². The number of rotatable bonds is 6. The summed E-state index contributed by atoms with van der Waals surface area (Å²) in [5.74, 6) is -0.776. The van der Waals surface area contributed by atoms with E-state index in [1.54, 1.807) is 48.6 Å². The van der Waals surface area contributed by atoms with Crippen LogP contribution in [0.3, 0.4) is 0 Å². The van der Waals surface area contributed by atoms with Gasteiger partial charge in [-0.2, -0.15) is 0 Å². The Morgan fingerprint density at radius 3 is 2.17 bits per heavy atom. The molecule has 3 N–H and O–H groups in total. The van der Waals surface area contributed by atoms with Gasteiger partial charge in [0.15, 0.2) is 0 Å². The number of allylic oxidation sites excluding steroid dienone is 3. The Morgan fingerprint density at radius 1 is 0.967 bits per heavy atom. The van der Waals surface area contributed by atoms with E-state index in [-0.39, 0.29) is 23.3 Å². The van der Waals surface area contributed by atoms with Gasteiger partial charge in [-0.05, 0) is 37.3 Å². The zero-order valence-electron chi connectivity index (χ0n) is 18.4. The minimum atomic E-state index is -0.356. The maximum Gasteiger partial charge on any atom is 0.255 e. The van der Waals surface area contributed by atoms with Crippen molar-refractivity contribution in [3.63, 3.8) is 0 Å². The normalized spacial score (nSPS) is 10.1. The lowest BCUT2D eigenvalue weighted by atomic mass is 10.2. The molecule has 0 radical (unpaired) electrons. The number of phenols is 1. The van der Waals surface area contributed by atoms with Crippen LogP contribution in [0.4, 0.5) is 11.4 Å². The van der Waals surface area contributed by atoms with Crippen LogP contribution in [-0.4, -0.2) is 16.9 Å². The molecule has 2 aromatic rings. The van der Waals surface area contributed by atoms with E-state index in [4.69, 9.17) is 0 Å². The fraction of sp³-hybridized carbons (Fsp3) is 0.200. The van der Waals surface area contributed by atoms with Crippen molar-refractivity contribution < 1.29 is 14.7 Å². The van der Waals surface area contributed by atoms with E-state index in [1.165, 1.54) is 18.2 Å². The minimum absolute atomic E-state index is 0.0948. The highest BCUT2D eigenvalue weighted by Crippen LogP contribution is 2.27. The molecule has 0 atom stereocenters. The van der Waals surface area contributed by atoms with Crippen molar-refractivity contribution in [1.82, 2.24) is 0 Å². The van der Waals surface area contributed by atoms with Crippen LogP contribution in [0.5, 0.6) is 5.75 Å². The third-order valence-corrected chi connectivity index (χ3v) is 3.44. The van der Waals surface area contributed by atoms with Gasteiger partial charge in [0.1, 0.15) is 5.75 Å². The van der Waals surface area contributed by atoms with Gasteiger partial charge in [0.2, 0.25) is 0 Å². The molecule has 30 heavy (non-hydrogen) atoms. The fourth-order valence-corrected chi connectivity index (χ4v) is 2.21. The van der Waals surface area contributed by atoms with E-state index >= 15 is 0 Å². The first kappa shape index (κ1) is 26.4. The van der Waals surface area contributed by atoms with Gasteiger partial charge < -0.3 is 15.7 Å². The SMILES string of the molecule is C=C/C=C(\C=C/C)C(=O)Nc1ccc(O)c(NC(=O)c2ccccc2)c1.CC.CC. The molecule has 0 aliphatic heterocycles. The highest BCUT2D eigenvalue weighted by Gasteiger charge is 2.11. The van der Waals surface area contributed by atoms with Crippen LogP contribution in [-0.2, 0) is 4.79 Å². The van der Waals surface area contributed by atoms with Crippen LogP contribution in [0.15, 0.2) is 85.0 Å². The second-order valence-electron chi connectivity index (χ2n) is 5.36. The topological polar surface area (TPSA) is 78.4 Å². The number of aromatic hydroxyl groups is 1. The van der Waals surface area contributed by atoms with Crippen molar-refractivity contribution >= 4 is 23.2 Å². The molecule has 0 aromatic heterocycles. The molecular weight excluding hydrogens is 376 g/mol. The average Bonchev–Trinajstić information content (AvgIpc) is 2.79. The predicted octanol–water partition coefficient (Wildman–Crippen LogP) is 6.32. The van der Waals surface area contributed by atoms with E-state index in [0.29, 0.717) is 16.8 Å². The first-order valence-corrected chi connectivity index (χ1v) is 10.0. The molecule has 0 unspecified atom stereocenters. The summed E-state index contributed by atoms with van der Waals surface area (Å²) in [6.07, 6.45) is 6.53. The van der Waals surface area contributed by atoms with E-state index < -0.39 is 0 Å². The van der Waals surface area contributed by atoms with E-state index in [1.807, 2.05) is 40.7 Å². The largest absolute Gasteiger partial charge is 0.506 e. The predicted molar refractivity (Wildman–Crippen MR) is 127 cm³/mol. The van der Waals surface area contributed by atoms with Gasteiger partial charge >= 0.3 is 0 Å². The third-order valence-electron chi connectivity index (χ3n) is 3.44. The number of nitrogens with one attached hydrogen (secondary N) is 2. The van der Waals surface area contributed by atoms with Gasteiger partial charge in [-0.25, -0.2) is 0 Å². The summed E-state index contributed by atoms with van der Waals surface area (Å²) in [4.78, 5) is 24.5. The van der Waals surface area contributed by atoms with Gasteiger partial charge in [-0.3, -0.25) is 9.59 Å². The van der Waals surface area contributed by atoms with E-state index in [2.05, 4.69) is 17.2 Å². The highest BCUT2D eigenvalue weighted by molar-refractivity contribution is 6.07. The molecule has 0 heterocycles. The Bertz CT molecular complexity index is 869. The molecule has 2 rings (SSSR count). The second-order valence-corrected chi connectivity index (χ2v) is 5.36. The summed E-state index contributed by atoms with van der Waals surface area (Å²) in [7, 11) is 0. The molecule has 160 valence electrons. The first-order chi connectivity index (χ1) is 14.5. The lowest BCUT2D eigenvalue weighted by Crippen LogP contribution is -2.15. The fourth-order valence-electron chi connectivity index (χ4n) is 2.21. The molecule has 0 aliphatic carbocycles. The lowest BCUT2D eigenvalue weighted by molar-refractivity contribution is -0.112.